The van der Waals surface area contributed by atoms with Crippen LogP contribution in [0.4, 0.5) is 5.69 Å². The van der Waals surface area contributed by atoms with Crippen molar-refractivity contribution in [2.75, 3.05) is 45.2 Å². The minimum Gasteiger partial charge on any atom is -0.495 e. The van der Waals surface area contributed by atoms with Gasteiger partial charge in [0.05, 0.1) is 17.1 Å². The van der Waals surface area contributed by atoms with Crippen LogP contribution in [0.5, 0.6) is 5.75 Å². The summed E-state index contributed by atoms with van der Waals surface area (Å²) in [7, 11) is 1.61. The number of benzene rings is 1. The summed E-state index contributed by atoms with van der Waals surface area (Å²) in [5.74, 6) is 0.702. The Morgan fingerprint density at radius 2 is 1.88 bits per heavy atom. The van der Waals surface area contributed by atoms with Gasteiger partial charge in [0.25, 0.3) is 0 Å². The van der Waals surface area contributed by atoms with E-state index in [9.17, 15) is 4.79 Å². The molecule has 0 aliphatic carbocycles. The lowest BCUT2D eigenvalue weighted by Crippen LogP contribution is -2.46. The second-order valence-electron chi connectivity index (χ2n) is 6.32. The van der Waals surface area contributed by atoms with Crippen molar-refractivity contribution >= 4 is 34.5 Å². The van der Waals surface area contributed by atoms with Crippen LogP contribution in [0.2, 0.25) is 4.34 Å². The van der Waals surface area contributed by atoms with E-state index in [4.69, 9.17) is 16.3 Å². The number of hydrogen-bond acceptors (Lipinski definition) is 5. The molecule has 0 radical (unpaired) electrons. The first-order chi connectivity index (χ1) is 12.6. The van der Waals surface area contributed by atoms with Crippen LogP contribution in [0.1, 0.15) is 11.3 Å². The molecular weight excluding hydrogens is 370 g/mol. The van der Waals surface area contributed by atoms with Gasteiger partial charge in [-0.2, -0.15) is 0 Å². The van der Waals surface area contributed by atoms with E-state index in [2.05, 4.69) is 21.2 Å². The van der Waals surface area contributed by atoms with Gasteiger partial charge in [0.2, 0.25) is 5.91 Å². The SMILES string of the molecule is COc1ccccc1NC(=O)CCN1CCN(Cc2ccc(Cl)s2)CC1. The molecule has 1 aliphatic heterocycles. The first kappa shape index (κ1) is 19.2. The first-order valence-electron chi connectivity index (χ1n) is 8.76. The molecule has 140 valence electrons. The van der Waals surface area contributed by atoms with Crippen LogP contribution in [-0.4, -0.2) is 55.5 Å². The molecule has 0 atom stereocenters. The smallest absolute Gasteiger partial charge is 0.225 e. The molecule has 0 saturated carbocycles. The molecule has 1 aromatic heterocycles. The highest BCUT2D eigenvalue weighted by Crippen LogP contribution is 2.24. The van der Waals surface area contributed by atoms with E-state index in [1.807, 2.05) is 30.3 Å². The number of nitrogens with one attached hydrogen (secondary N) is 1. The van der Waals surface area contributed by atoms with E-state index in [0.29, 0.717) is 12.2 Å². The van der Waals surface area contributed by atoms with Crippen molar-refractivity contribution in [2.24, 2.45) is 0 Å². The van der Waals surface area contributed by atoms with Crippen LogP contribution < -0.4 is 10.1 Å². The molecule has 2 heterocycles. The average Bonchev–Trinajstić information content (AvgIpc) is 3.06. The Morgan fingerprint density at radius 3 is 2.58 bits per heavy atom. The Morgan fingerprint density at radius 1 is 1.15 bits per heavy atom. The van der Waals surface area contributed by atoms with Gasteiger partial charge < -0.3 is 15.0 Å². The van der Waals surface area contributed by atoms with Crippen molar-refractivity contribution in [3.05, 3.63) is 45.6 Å². The van der Waals surface area contributed by atoms with Gasteiger partial charge in [-0.3, -0.25) is 9.69 Å². The molecule has 0 unspecified atom stereocenters. The second-order valence-corrected chi connectivity index (χ2v) is 8.12. The molecule has 26 heavy (non-hydrogen) atoms. The monoisotopic (exact) mass is 393 g/mol. The fourth-order valence-electron chi connectivity index (χ4n) is 3.05. The topological polar surface area (TPSA) is 44.8 Å². The molecule has 7 heteroatoms. The van der Waals surface area contributed by atoms with Crippen molar-refractivity contribution in [1.29, 1.82) is 0 Å². The molecular formula is C19H24ClN3O2S. The highest BCUT2D eigenvalue weighted by molar-refractivity contribution is 7.16. The summed E-state index contributed by atoms with van der Waals surface area (Å²) < 4.78 is 6.11. The van der Waals surface area contributed by atoms with Crippen molar-refractivity contribution in [3.8, 4) is 5.75 Å². The third-order valence-electron chi connectivity index (χ3n) is 4.51. The van der Waals surface area contributed by atoms with E-state index in [1.54, 1.807) is 18.4 Å². The van der Waals surface area contributed by atoms with Crippen LogP contribution in [0.25, 0.3) is 0 Å². The number of piperazine rings is 1. The molecule has 1 fully saturated rings. The number of carbonyl (C=O) groups is 1. The molecule has 3 rings (SSSR count). The average molecular weight is 394 g/mol. The Bertz CT molecular complexity index is 729. The minimum atomic E-state index is 0.0187. The summed E-state index contributed by atoms with van der Waals surface area (Å²) >= 11 is 7.64. The predicted molar refractivity (Wildman–Crippen MR) is 107 cm³/mol. The number of para-hydroxylation sites is 2. The van der Waals surface area contributed by atoms with Crippen LogP contribution in [-0.2, 0) is 11.3 Å². The maximum Gasteiger partial charge on any atom is 0.225 e. The second kappa shape index (κ2) is 9.37. The first-order valence-corrected chi connectivity index (χ1v) is 9.95. The highest BCUT2D eigenvalue weighted by Gasteiger charge is 2.18. The molecule has 1 amide bonds. The Kier molecular flexibility index (Phi) is 6.91. The van der Waals surface area contributed by atoms with E-state index < -0.39 is 0 Å². The van der Waals surface area contributed by atoms with E-state index >= 15 is 0 Å². The van der Waals surface area contributed by atoms with Gasteiger partial charge in [-0.25, -0.2) is 0 Å². The van der Waals surface area contributed by atoms with Gasteiger partial charge in [0.1, 0.15) is 5.75 Å². The highest BCUT2D eigenvalue weighted by atomic mass is 35.5. The molecule has 0 bridgehead atoms. The lowest BCUT2D eigenvalue weighted by molar-refractivity contribution is -0.116. The lowest BCUT2D eigenvalue weighted by atomic mass is 10.2. The van der Waals surface area contributed by atoms with Crippen molar-refractivity contribution in [2.45, 2.75) is 13.0 Å². The predicted octanol–water partition coefficient (Wildman–Crippen LogP) is 3.56. The van der Waals surface area contributed by atoms with Crippen molar-refractivity contribution in [1.82, 2.24) is 9.80 Å². The summed E-state index contributed by atoms with van der Waals surface area (Å²) in [5.41, 5.74) is 0.722. The summed E-state index contributed by atoms with van der Waals surface area (Å²) in [5, 5.41) is 2.93. The van der Waals surface area contributed by atoms with Gasteiger partial charge in [-0.05, 0) is 24.3 Å². The fourth-order valence-corrected chi connectivity index (χ4v) is 4.18. The number of anilines is 1. The zero-order valence-electron chi connectivity index (χ0n) is 14.9. The number of amides is 1. The Hall–Kier alpha value is -1.60. The van der Waals surface area contributed by atoms with Crippen LogP contribution >= 0.6 is 22.9 Å². The van der Waals surface area contributed by atoms with Gasteiger partial charge >= 0.3 is 0 Å². The van der Waals surface area contributed by atoms with Gasteiger partial charge in [-0.15, -0.1) is 11.3 Å². The number of thiophene rings is 1. The standard InChI is InChI=1S/C19H24ClN3O2S/c1-25-17-5-3-2-4-16(17)21-19(24)8-9-22-10-12-23(13-11-22)14-15-6-7-18(20)26-15/h2-7H,8-14H2,1H3,(H,21,24). The van der Waals surface area contributed by atoms with Gasteiger partial charge in [0, 0.05) is 50.6 Å². The number of methoxy groups -OCH3 is 1. The molecule has 1 saturated heterocycles. The quantitative estimate of drug-likeness (QED) is 0.781. The molecule has 1 aliphatic rings. The third-order valence-corrected chi connectivity index (χ3v) is 5.73. The Labute approximate surface area is 163 Å². The number of nitrogens with zero attached hydrogens (tertiary/aromatic N) is 2. The largest absolute Gasteiger partial charge is 0.495 e. The summed E-state index contributed by atoms with van der Waals surface area (Å²) in [6, 6.07) is 11.5. The van der Waals surface area contributed by atoms with E-state index in [0.717, 1.165) is 49.3 Å². The number of hydrogen-bond donors (Lipinski definition) is 1. The normalized spacial score (nSPS) is 15.8. The van der Waals surface area contributed by atoms with Crippen molar-refractivity contribution < 1.29 is 9.53 Å². The number of carbonyl (C=O) groups excluding carboxylic acids is 1. The maximum absolute atomic E-state index is 12.2. The van der Waals surface area contributed by atoms with Gasteiger partial charge in [-0.1, -0.05) is 23.7 Å². The number of halogens is 1. The van der Waals surface area contributed by atoms with Crippen molar-refractivity contribution in [3.63, 3.8) is 0 Å². The zero-order chi connectivity index (χ0) is 18.4. The maximum atomic E-state index is 12.2. The third kappa shape index (κ3) is 5.45. The molecule has 1 aromatic carbocycles. The van der Waals surface area contributed by atoms with E-state index in [-0.39, 0.29) is 5.91 Å². The van der Waals surface area contributed by atoms with Crippen LogP contribution in [0, 0.1) is 0 Å². The van der Waals surface area contributed by atoms with E-state index in [1.165, 1.54) is 4.88 Å². The Balaban J connectivity index is 1.38. The minimum absolute atomic E-state index is 0.0187. The van der Waals surface area contributed by atoms with Crippen LogP contribution in [0.3, 0.4) is 0 Å². The molecule has 5 nitrogen and oxygen atoms in total. The summed E-state index contributed by atoms with van der Waals surface area (Å²) in [4.78, 5) is 18.3. The molecule has 0 spiro atoms. The number of rotatable bonds is 7. The van der Waals surface area contributed by atoms with Gasteiger partial charge in [0.15, 0.2) is 0 Å². The molecule has 1 N–H and O–H groups in total. The lowest BCUT2D eigenvalue weighted by Gasteiger charge is -2.34. The zero-order valence-corrected chi connectivity index (χ0v) is 16.5. The summed E-state index contributed by atoms with van der Waals surface area (Å²) in [6.07, 6.45) is 0.485. The molecule has 2 aromatic rings. The fraction of sp³-hybridized carbons (Fsp3) is 0.421. The number of ether oxygens (including phenoxy) is 1. The van der Waals surface area contributed by atoms with Crippen LogP contribution in [0.15, 0.2) is 36.4 Å². The summed E-state index contributed by atoms with van der Waals surface area (Å²) in [6.45, 7) is 5.74.